The second kappa shape index (κ2) is 5.00. The van der Waals surface area contributed by atoms with Gasteiger partial charge in [-0.25, -0.2) is 18.7 Å². The average molecular weight is 269 g/mol. The zero-order valence-corrected chi connectivity index (χ0v) is 10.7. The fraction of sp³-hybridized carbons (Fsp3) is 0.692. The summed E-state index contributed by atoms with van der Waals surface area (Å²) in [6.45, 7) is 2.16. The highest BCUT2D eigenvalue weighted by Crippen LogP contribution is 2.31. The SMILES string of the molecule is FC1(F)CCN(c2cc(C3CCOC3)ncn2)CC1. The van der Waals surface area contributed by atoms with E-state index in [9.17, 15) is 8.78 Å². The zero-order chi connectivity index (χ0) is 13.3. The Bertz CT molecular complexity index is 439. The fourth-order valence-corrected chi connectivity index (χ4v) is 2.59. The Morgan fingerprint density at radius 2 is 2.05 bits per heavy atom. The average Bonchev–Trinajstić information content (AvgIpc) is 2.93. The first-order valence-electron chi connectivity index (χ1n) is 6.66. The Labute approximate surface area is 110 Å². The molecule has 0 saturated carbocycles. The van der Waals surface area contributed by atoms with E-state index in [-0.39, 0.29) is 12.8 Å². The number of alkyl halides is 2. The molecule has 1 unspecified atom stereocenters. The third kappa shape index (κ3) is 2.83. The first-order chi connectivity index (χ1) is 9.14. The van der Waals surface area contributed by atoms with Crippen LogP contribution in [-0.4, -0.2) is 42.2 Å². The Hall–Kier alpha value is -1.30. The summed E-state index contributed by atoms with van der Waals surface area (Å²) in [6, 6.07) is 1.92. The standard InChI is InChI=1S/C13H17F2N3O/c14-13(15)2-4-18(5-3-13)12-7-11(16-9-17-12)10-1-6-19-8-10/h7,9-10H,1-6,8H2. The van der Waals surface area contributed by atoms with Crippen LogP contribution in [0, 0.1) is 0 Å². The molecule has 1 aromatic rings. The number of ether oxygens (including phenoxy) is 1. The number of aromatic nitrogens is 2. The predicted octanol–water partition coefficient (Wildman–Crippen LogP) is 2.22. The van der Waals surface area contributed by atoms with Gasteiger partial charge in [-0.15, -0.1) is 0 Å². The van der Waals surface area contributed by atoms with Crippen LogP contribution in [0.2, 0.25) is 0 Å². The number of nitrogens with zero attached hydrogens (tertiary/aromatic N) is 3. The molecule has 1 aromatic heterocycles. The molecule has 2 fully saturated rings. The lowest BCUT2D eigenvalue weighted by atomic mass is 10.0. The maximum Gasteiger partial charge on any atom is 0.251 e. The molecule has 2 saturated heterocycles. The van der Waals surface area contributed by atoms with Gasteiger partial charge >= 0.3 is 0 Å². The van der Waals surface area contributed by atoms with Gasteiger partial charge in [-0.05, 0) is 6.42 Å². The molecule has 6 heteroatoms. The Kier molecular flexibility index (Phi) is 3.35. The van der Waals surface area contributed by atoms with Gasteiger partial charge in [-0.1, -0.05) is 0 Å². The smallest absolute Gasteiger partial charge is 0.251 e. The monoisotopic (exact) mass is 269 g/mol. The van der Waals surface area contributed by atoms with Gasteiger partial charge < -0.3 is 9.64 Å². The second-order valence-corrected chi connectivity index (χ2v) is 5.20. The molecule has 0 spiro atoms. The molecule has 0 N–H and O–H groups in total. The minimum absolute atomic E-state index is 0.0983. The van der Waals surface area contributed by atoms with Crippen molar-refractivity contribution < 1.29 is 13.5 Å². The maximum absolute atomic E-state index is 13.1. The molecular weight excluding hydrogens is 252 g/mol. The van der Waals surface area contributed by atoms with Crippen molar-refractivity contribution in [1.29, 1.82) is 0 Å². The highest BCUT2D eigenvalue weighted by Gasteiger charge is 2.34. The summed E-state index contributed by atoms with van der Waals surface area (Å²) < 4.78 is 31.6. The van der Waals surface area contributed by atoms with E-state index in [1.807, 2.05) is 11.0 Å². The van der Waals surface area contributed by atoms with Crippen molar-refractivity contribution >= 4 is 5.82 Å². The molecule has 4 nitrogen and oxygen atoms in total. The van der Waals surface area contributed by atoms with Crippen LogP contribution in [-0.2, 0) is 4.74 Å². The van der Waals surface area contributed by atoms with E-state index < -0.39 is 5.92 Å². The summed E-state index contributed by atoms with van der Waals surface area (Å²) in [5, 5.41) is 0. The maximum atomic E-state index is 13.1. The van der Waals surface area contributed by atoms with E-state index in [1.165, 1.54) is 6.33 Å². The molecule has 3 heterocycles. The molecule has 104 valence electrons. The number of rotatable bonds is 2. The predicted molar refractivity (Wildman–Crippen MR) is 66.6 cm³/mol. The number of anilines is 1. The minimum Gasteiger partial charge on any atom is -0.381 e. The molecule has 19 heavy (non-hydrogen) atoms. The van der Waals surface area contributed by atoms with Crippen LogP contribution in [0.1, 0.15) is 30.9 Å². The lowest BCUT2D eigenvalue weighted by Crippen LogP contribution is -2.39. The lowest BCUT2D eigenvalue weighted by Gasteiger charge is -2.32. The molecule has 0 radical (unpaired) electrons. The van der Waals surface area contributed by atoms with E-state index in [1.54, 1.807) is 0 Å². The van der Waals surface area contributed by atoms with Crippen LogP contribution in [0.4, 0.5) is 14.6 Å². The molecule has 2 aliphatic heterocycles. The molecule has 0 aliphatic carbocycles. The van der Waals surface area contributed by atoms with E-state index in [0.717, 1.165) is 24.5 Å². The van der Waals surface area contributed by atoms with Gasteiger partial charge in [0.05, 0.1) is 12.3 Å². The van der Waals surface area contributed by atoms with Gasteiger partial charge in [0.15, 0.2) is 0 Å². The number of hydrogen-bond donors (Lipinski definition) is 0. The second-order valence-electron chi connectivity index (χ2n) is 5.20. The van der Waals surface area contributed by atoms with Gasteiger partial charge in [0, 0.05) is 44.5 Å². The highest BCUT2D eigenvalue weighted by molar-refractivity contribution is 5.40. The summed E-state index contributed by atoms with van der Waals surface area (Å²) in [5.41, 5.74) is 0.958. The van der Waals surface area contributed by atoms with Crippen molar-refractivity contribution in [1.82, 2.24) is 9.97 Å². The van der Waals surface area contributed by atoms with Crippen molar-refractivity contribution in [2.75, 3.05) is 31.2 Å². The molecule has 2 aliphatic rings. The zero-order valence-electron chi connectivity index (χ0n) is 10.7. The topological polar surface area (TPSA) is 38.2 Å². The van der Waals surface area contributed by atoms with Gasteiger partial charge in [-0.2, -0.15) is 0 Å². The van der Waals surface area contributed by atoms with Gasteiger partial charge in [0.25, 0.3) is 5.92 Å². The normalized spacial score (nSPS) is 26.6. The van der Waals surface area contributed by atoms with Crippen molar-refractivity contribution in [2.45, 2.75) is 31.1 Å². The molecule has 1 atom stereocenters. The highest BCUT2D eigenvalue weighted by atomic mass is 19.3. The molecule has 0 amide bonds. The van der Waals surface area contributed by atoms with Gasteiger partial charge in [-0.3, -0.25) is 0 Å². The van der Waals surface area contributed by atoms with Crippen LogP contribution in [0.25, 0.3) is 0 Å². The quantitative estimate of drug-likeness (QED) is 0.825. The Balaban J connectivity index is 1.72. The van der Waals surface area contributed by atoms with E-state index >= 15 is 0 Å². The number of hydrogen-bond acceptors (Lipinski definition) is 4. The Morgan fingerprint density at radius 1 is 1.26 bits per heavy atom. The first kappa shape index (κ1) is 12.7. The van der Waals surface area contributed by atoms with Crippen molar-refractivity contribution in [3.05, 3.63) is 18.1 Å². The van der Waals surface area contributed by atoms with E-state index in [0.29, 0.717) is 25.6 Å². The van der Waals surface area contributed by atoms with Crippen LogP contribution < -0.4 is 4.90 Å². The first-order valence-corrected chi connectivity index (χ1v) is 6.66. The van der Waals surface area contributed by atoms with Crippen LogP contribution >= 0.6 is 0 Å². The van der Waals surface area contributed by atoms with Crippen molar-refractivity contribution in [3.63, 3.8) is 0 Å². The molecule has 0 aromatic carbocycles. The largest absolute Gasteiger partial charge is 0.381 e. The molecule has 3 rings (SSSR count). The van der Waals surface area contributed by atoms with E-state index in [2.05, 4.69) is 9.97 Å². The summed E-state index contributed by atoms with van der Waals surface area (Å²) in [6.07, 6.45) is 2.29. The summed E-state index contributed by atoms with van der Waals surface area (Å²) in [4.78, 5) is 10.4. The summed E-state index contributed by atoms with van der Waals surface area (Å²) in [7, 11) is 0. The van der Waals surface area contributed by atoms with Crippen LogP contribution in [0.5, 0.6) is 0 Å². The molecule has 0 bridgehead atoms. The number of halogens is 2. The van der Waals surface area contributed by atoms with Crippen molar-refractivity contribution in [3.8, 4) is 0 Å². The summed E-state index contributed by atoms with van der Waals surface area (Å²) >= 11 is 0. The van der Waals surface area contributed by atoms with Gasteiger partial charge in [0.2, 0.25) is 0 Å². The lowest BCUT2D eigenvalue weighted by molar-refractivity contribution is -0.0221. The van der Waals surface area contributed by atoms with Crippen molar-refractivity contribution in [2.24, 2.45) is 0 Å². The van der Waals surface area contributed by atoms with Gasteiger partial charge in [0.1, 0.15) is 12.1 Å². The van der Waals surface area contributed by atoms with Crippen LogP contribution in [0.15, 0.2) is 12.4 Å². The van der Waals surface area contributed by atoms with E-state index in [4.69, 9.17) is 4.74 Å². The summed E-state index contributed by atoms with van der Waals surface area (Å²) in [5.74, 6) is -1.45. The molecular formula is C13H17F2N3O. The number of piperidine rings is 1. The Morgan fingerprint density at radius 3 is 2.74 bits per heavy atom. The minimum atomic E-state index is -2.52. The fourth-order valence-electron chi connectivity index (χ4n) is 2.59. The third-order valence-electron chi connectivity index (χ3n) is 3.84. The van der Waals surface area contributed by atoms with Crippen LogP contribution in [0.3, 0.4) is 0 Å². The third-order valence-corrected chi connectivity index (χ3v) is 3.84.